The van der Waals surface area contributed by atoms with Gasteiger partial charge in [-0.05, 0) is 22.8 Å². The number of isocyanates is 2. The van der Waals surface area contributed by atoms with E-state index in [9.17, 15) is 0 Å². The average Bonchev–Trinajstić information content (AvgIpc) is 2.37. The normalized spacial score (nSPS) is 8.68. The Morgan fingerprint density at radius 3 is 1.84 bits per heavy atom. The van der Waals surface area contributed by atoms with Crippen molar-refractivity contribution < 1.29 is 9.59 Å². The second kappa shape index (κ2) is 7.04. The van der Waals surface area contributed by atoms with Crippen molar-refractivity contribution in [3.05, 3.63) is 47.5 Å². The largest absolute Gasteiger partial charge is 0.231 e. The van der Waals surface area contributed by atoms with Crippen LogP contribution in [0.1, 0.15) is 0 Å². The van der Waals surface area contributed by atoms with E-state index < -0.39 is 0 Å². The van der Waals surface area contributed by atoms with Crippen molar-refractivity contribution in [2.75, 3.05) is 0 Å². The summed E-state index contributed by atoms with van der Waals surface area (Å²) in [5.74, 6) is 0. The minimum Gasteiger partial charge on any atom is -0.222 e. The second-order valence-corrected chi connectivity index (χ2v) is 3.82. The van der Waals surface area contributed by atoms with Crippen LogP contribution in [0.25, 0.3) is 22.3 Å². The van der Waals surface area contributed by atoms with Crippen LogP contribution in [0.2, 0.25) is 5.02 Å². The van der Waals surface area contributed by atoms with Crippen molar-refractivity contribution in [3.8, 4) is 22.3 Å². The highest BCUT2D eigenvalue weighted by molar-refractivity contribution is 6.35. The fourth-order valence-electron chi connectivity index (χ4n) is 1.90. The molecule has 0 fully saturated rings. The molecule has 0 aliphatic heterocycles. The number of benzene rings is 2. The molecule has 0 saturated carbocycles. The van der Waals surface area contributed by atoms with E-state index in [1.54, 1.807) is 0 Å². The van der Waals surface area contributed by atoms with Crippen molar-refractivity contribution in [2.24, 2.45) is 0 Å². The zero-order valence-electron chi connectivity index (χ0n) is 9.74. The Bertz CT molecular complexity index is 644. The lowest BCUT2D eigenvalue weighted by Crippen LogP contribution is -1.98. The minimum atomic E-state index is 0.750. The lowest BCUT2D eigenvalue weighted by Gasteiger charge is -2.24. The van der Waals surface area contributed by atoms with Gasteiger partial charge in [-0.15, -0.1) is 0 Å². The molecule has 0 unspecified atom stereocenters. The van der Waals surface area contributed by atoms with Gasteiger partial charge in [-0.1, -0.05) is 48.0 Å². The van der Waals surface area contributed by atoms with Gasteiger partial charge >= 0.3 is 0 Å². The molecule has 0 aromatic heterocycles. The summed E-state index contributed by atoms with van der Waals surface area (Å²) in [4.78, 5) is 16.7. The zero-order chi connectivity index (χ0) is 14.3. The standard InChI is InChI=1S/C12H7Cl.2CHNO/c13-11-7-3-6-10-8-4-1-2-5-9(8)12(10)11;2*2-1-3/h1-7H;2*2H. The van der Waals surface area contributed by atoms with Crippen LogP contribution in [0.4, 0.5) is 0 Å². The predicted octanol–water partition coefficient (Wildman–Crippen LogP) is 3.79. The number of halogens is 1. The van der Waals surface area contributed by atoms with Gasteiger partial charge in [0, 0.05) is 10.6 Å². The fraction of sp³-hybridized carbons (Fsp3) is 0. The number of fused-ring (bicyclic) bond motifs is 4. The summed E-state index contributed by atoms with van der Waals surface area (Å²) in [5.41, 5.74) is 5.09. The van der Waals surface area contributed by atoms with E-state index in [2.05, 4.69) is 24.3 Å². The monoisotopic (exact) mass is 272 g/mol. The summed E-state index contributed by atoms with van der Waals surface area (Å²) < 4.78 is 0. The molecular formula is C14H9ClN2O2. The van der Waals surface area contributed by atoms with Crippen molar-refractivity contribution in [2.45, 2.75) is 0 Å². The third-order valence-electron chi connectivity index (χ3n) is 2.50. The van der Waals surface area contributed by atoms with Crippen LogP contribution in [0.3, 0.4) is 0 Å². The summed E-state index contributed by atoms with van der Waals surface area (Å²) >= 11 is 6.09. The van der Waals surface area contributed by atoms with Crippen molar-refractivity contribution in [1.82, 2.24) is 0 Å². The van der Waals surface area contributed by atoms with Gasteiger partial charge in [-0.3, -0.25) is 0 Å². The maximum atomic E-state index is 8.35. The summed E-state index contributed by atoms with van der Waals surface area (Å²) in [6, 6.07) is 14.4. The molecular weight excluding hydrogens is 264 g/mol. The van der Waals surface area contributed by atoms with Gasteiger partial charge in [-0.2, -0.15) is 0 Å². The average molecular weight is 273 g/mol. The zero-order valence-corrected chi connectivity index (χ0v) is 10.5. The quantitative estimate of drug-likeness (QED) is 0.482. The molecule has 94 valence electrons. The van der Waals surface area contributed by atoms with Gasteiger partial charge in [0.05, 0.1) is 0 Å². The highest BCUT2D eigenvalue weighted by Crippen LogP contribution is 2.49. The molecule has 2 aromatic carbocycles. The van der Waals surface area contributed by atoms with Gasteiger partial charge in [-0.25, -0.2) is 20.4 Å². The molecule has 0 heterocycles. The molecule has 1 aliphatic carbocycles. The first-order chi connectivity index (χ1) is 9.21. The van der Waals surface area contributed by atoms with Gasteiger partial charge in [0.15, 0.2) is 0 Å². The van der Waals surface area contributed by atoms with E-state index in [0.29, 0.717) is 0 Å². The Hall–Kier alpha value is -2.51. The molecule has 19 heavy (non-hydrogen) atoms. The third-order valence-corrected chi connectivity index (χ3v) is 2.82. The first kappa shape index (κ1) is 14.6. The SMILES string of the molecule is Clc1cccc2c1-c1ccccc1-2.N=C=O.N=C=O. The molecule has 0 spiro atoms. The lowest BCUT2D eigenvalue weighted by molar-refractivity contribution is 0.562. The van der Waals surface area contributed by atoms with Crippen LogP contribution in [-0.2, 0) is 9.59 Å². The third kappa shape index (κ3) is 3.03. The predicted molar refractivity (Wildman–Crippen MR) is 72.7 cm³/mol. The van der Waals surface area contributed by atoms with Crippen LogP contribution < -0.4 is 0 Å². The van der Waals surface area contributed by atoms with Crippen molar-refractivity contribution >= 4 is 23.8 Å². The summed E-state index contributed by atoms with van der Waals surface area (Å²) in [6.45, 7) is 0. The highest BCUT2D eigenvalue weighted by Gasteiger charge is 2.23. The Kier molecular flexibility index (Phi) is 5.39. The fourth-order valence-corrected chi connectivity index (χ4v) is 2.17. The number of nitrogens with one attached hydrogen (secondary N) is 2. The molecule has 0 atom stereocenters. The maximum Gasteiger partial charge on any atom is 0.231 e. The van der Waals surface area contributed by atoms with E-state index in [0.717, 1.165) is 17.2 Å². The molecule has 0 saturated heterocycles. The Morgan fingerprint density at radius 1 is 0.789 bits per heavy atom. The molecule has 1 aliphatic rings. The van der Waals surface area contributed by atoms with E-state index in [4.69, 9.17) is 32.0 Å². The molecule has 0 radical (unpaired) electrons. The van der Waals surface area contributed by atoms with Crippen LogP contribution in [0, 0.1) is 10.8 Å². The van der Waals surface area contributed by atoms with Crippen LogP contribution in [-0.4, -0.2) is 12.2 Å². The van der Waals surface area contributed by atoms with Crippen molar-refractivity contribution in [1.29, 1.82) is 10.8 Å². The molecule has 2 N–H and O–H groups in total. The van der Waals surface area contributed by atoms with Crippen LogP contribution >= 0.6 is 11.6 Å². The molecule has 0 amide bonds. The van der Waals surface area contributed by atoms with Gasteiger partial charge in [0.25, 0.3) is 0 Å². The number of rotatable bonds is 0. The molecule has 3 rings (SSSR count). The highest BCUT2D eigenvalue weighted by atomic mass is 35.5. The topological polar surface area (TPSA) is 81.8 Å². The number of hydrogen-bond acceptors (Lipinski definition) is 4. The Balaban J connectivity index is 0.000000261. The van der Waals surface area contributed by atoms with E-state index >= 15 is 0 Å². The first-order valence-corrected chi connectivity index (χ1v) is 5.55. The smallest absolute Gasteiger partial charge is 0.222 e. The Morgan fingerprint density at radius 2 is 1.26 bits per heavy atom. The number of carbonyl (C=O) groups excluding carboxylic acids is 2. The Labute approximate surface area is 114 Å². The van der Waals surface area contributed by atoms with Gasteiger partial charge < -0.3 is 0 Å². The van der Waals surface area contributed by atoms with Crippen LogP contribution in [0.15, 0.2) is 42.5 Å². The van der Waals surface area contributed by atoms with Crippen LogP contribution in [0.5, 0.6) is 0 Å². The summed E-state index contributed by atoms with van der Waals surface area (Å²) in [7, 11) is 0. The lowest BCUT2D eigenvalue weighted by atomic mass is 9.81. The molecule has 5 heteroatoms. The maximum absolute atomic E-state index is 8.35. The van der Waals surface area contributed by atoms with Crippen molar-refractivity contribution in [3.63, 3.8) is 0 Å². The number of hydrogen-bond donors (Lipinski definition) is 2. The molecule has 4 nitrogen and oxygen atoms in total. The summed E-state index contributed by atoms with van der Waals surface area (Å²) in [6.07, 6.45) is 1.50. The molecule has 0 bridgehead atoms. The summed E-state index contributed by atoms with van der Waals surface area (Å²) in [5, 5.41) is 11.7. The van der Waals surface area contributed by atoms with E-state index in [-0.39, 0.29) is 0 Å². The molecule has 2 aromatic rings. The van der Waals surface area contributed by atoms with Gasteiger partial charge in [0.1, 0.15) is 0 Å². The van der Waals surface area contributed by atoms with Gasteiger partial charge in [0.2, 0.25) is 12.2 Å². The first-order valence-electron chi connectivity index (χ1n) is 5.17. The van der Waals surface area contributed by atoms with E-state index in [1.165, 1.54) is 22.3 Å². The second-order valence-electron chi connectivity index (χ2n) is 3.41. The minimum absolute atomic E-state index is 0.750. The van der Waals surface area contributed by atoms with E-state index in [1.807, 2.05) is 18.2 Å².